The van der Waals surface area contributed by atoms with Crippen molar-refractivity contribution in [3.63, 3.8) is 0 Å². The van der Waals surface area contributed by atoms with Crippen LogP contribution in [0.15, 0.2) is 60.7 Å². The third-order valence-corrected chi connectivity index (χ3v) is 4.73. The van der Waals surface area contributed by atoms with Crippen LogP contribution in [0.3, 0.4) is 0 Å². The number of carboxylic acids is 1. The molecule has 2 rings (SSSR count). The molecule has 0 fully saturated rings. The van der Waals surface area contributed by atoms with Crippen molar-refractivity contribution in [2.45, 2.75) is 58.5 Å². The van der Waals surface area contributed by atoms with Gasteiger partial charge in [0.1, 0.15) is 24.9 Å². The van der Waals surface area contributed by atoms with E-state index in [0.717, 1.165) is 5.56 Å². The minimum Gasteiger partial charge on any atom is -0.480 e. The Morgan fingerprint density at radius 2 is 1.39 bits per heavy atom. The highest BCUT2D eigenvalue weighted by atomic mass is 16.6. The molecular weight excluding hydrogens is 468 g/mol. The molecule has 2 aromatic rings. The molecule has 1 atom stereocenters. The number of alkyl carbamates (subject to hydrolysis) is 1. The average Bonchev–Trinajstić information content (AvgIpc) is 2.83. The molecule has 0 bridgehead atoms. The van der Waals surface area contributed by atoms with Gasteiger partial charge in [0.25, 0.3) is 0 Å². The molecule has 36 heavy (non-hydrogen) atoms. The summed E-state index contributed by atoms with van der Waals surface area (Å²) in [5, 5.41) is 12.3. The fraction of sp³-hybridized carbons (Fsp3) is 0.385. The maximum atomic E-state index is 12.8. The van der Waals surface area contributed by atoms with E-state index in [9.17, 15) is 24.3 Å². The number of carbonyl (C=O) groups excluding carboxylic acids is 3. The summed E-state index contributed by atoms with van der Waals surface area (Å²) in [6, 6.07) is 16.3. The summed E-state index contributed by atoms with van der Waals surface area (Å²) in [5.74, 6) is -1.41. The summed E-state index contributed by atoms with van der Waals surface area (Å²) in [5.41, 5.74) is 0.517. The van der Waals surface area contributed by atoms with Crippen molar-refractivity contribution in [1.82, 2.24) is 10.2 Å². The summed E-state index contributed by atoms with van der Waals surface area (Å²) in [7, 11) is 0. The Balaban J connectivity index is 1.97. The largest absolute Gasteiger partial charge is 0.480 e. The van der Waals surface area contributed by atoms with Gasteiger partial charge >= 0.3 is 24.2 Å². The van der Waals surface area contributed by atoms with Gasteiger partial charge < -0.3 is 24.6 Å². The van der Waals surface area contributed by atoms with Gasteiger partial charge in [-0.2, -0.15) is 4.90 Å². The van der Waals surface area contributed by atoms with Gasteiger partial charge in [0.05, 0.1) is 0 Å². The second-order valence-corrected chi connectivity index (χ2v) is 8.88. The first-order chi connectivity index (χ1) is 17.1. The van der Waals surface area contributed by atoms with Gasteiger partial charge in [-0.15, -0.1) is 0 Å². The zero-order chi connectivity index (χ0) is 26.6. The first kappa shape index (κ1) is 28.2. The maximum Gasteiger partial charge on any atom is 0.420 e. The van der Waals surface area contributed by atoms with Crippen LogP contribution >= 0.6 is 0 Å². The number of benzene rings is 2. The van der Waals surface area contributed by atoms with Crippen LogP contribution in [0.25, 0.3) is 0 Å². The molecule has 0 aliphatic heterocycles. The number of rotatable bonds is 10. The van der Waals surface area contributed by atoms with E-state index < -0.39 is 35.9 Å². The van der Waals surface area contributed by atoms with Gasteiger partial charge in [-0.05, 0) is 44.7 Å². The van der Waals surface area contributed by atoms with Crippen LogP contribution in [-0.4, -0.2) is 52.4 Å². The number of carbonyl (C=O) groups is 4. The SMILES string of the molecule is CC(C)(C)OC(=O)N(C(=O)OCc1ccccc1)[C@@H](CCCNC(=O)OCc1ccccc1)C(=O)O. The number of ether oxygens (including phenoxy) is 3. The van der Waals surface area contributed by atoms with E-state index in [2.05, 4.69) is 5.32 Å². The van der Waals surface area contributed by atoms with Crippen LogP contribution in [-0.2, 0) is 32.2 Å². The van der Waals surface area contributed by atoms with E-state index in [0.29, 0.717) is 10.5 Å². The lowest BCUT2D eigenvalue weighted by Crippen LogP contribution is -2.50. The maximum absolute atomic E-state index is 12.8. The topological polar surface area (TPSA) is 131 Å². The summed E-state index contributed by atoms with van der Waals surface area (Å²) in [4.78, 5) is 50.0. The van der Waals surface area contributed by atoms with Crippen molar-refractivity contribution >= 4 is 24.2 Å². The quantitative estimate of drug-likeness (QED) is 0.354. The lowest BCUT2D eigenvalue weighted by atomic mass is 10.1. The summed E-state index contributed by atoms with van der Waals surface area (Å²) in [6.07, 6.45) is -2.95. The number of aliphatic carboxylic acids is 1. The number of hydrogen-bond donors (Lipinski definition) is 2. The molecule has 194 valence electrons. The zero-order valence-corrected chi connectivity index (χ0v) is 20.6. The molecule has 10 heteroatoms. The predicted molar refractivity (Wildman–Crippen MR) is 130 cm³/mol. The molecule has 0 aliphatic carbocycles. The summed E-state index contributed by atoms with van der Waals surface area (Å²) < 4.78 is 15.6. The fourth-order valence-corrected chi connectivity index (χ4v) is 3.05. The van der Waals surface area contributed by atoms with Crippen LogP contribution in [0.1, 0.15) is 44.7 Å². The van der Waals surface area contributed by atoms with Gasteiger partial charge in [-0.1, -0.05) is 60.7 Å². The van der Waals surface area contributed by atoms with Crippen molar-refractivity contribution < 1.29 is 38.5 Å². The monoisotopic (exact) mass is 500 g/mol. The highest BCUT2D eigenvalue weighted by Gasteiger charge is 2.38. The van der Waals surface area contributed by atoms with Gasteiger partial charge in [0, 0.05) is 6.54 Å². The number of imide groups is 1. The van der Waals surface area contributed by atoms with Gasteiger partial charge in [0.15, 0.2) is 0 Å². The van der Waals surface area contributed by atoms with Crippen LogP contribution < -0.4 is 5.32 Å². The molecule has 0 heterocycles. The molecule has 0 aliphatic rings. The van der Waals surface area contributed by atoms with Gasteiger partial charge in [0.2, 0.25) is 0 Å². The van der Waals surface area contributed by atoms with Crippen LogP contribution in [0.4, 0.5) is 14.4 Å². The molecule has 2 N–H and O–H groups in total. The van der Waals surface area contributed by atoms with Gasteiger partial charge in [-0.25, -0.2) is 19.2 Å². The number of hydrogen-bond acceptors (Lipinski definition) is 7. The standard InChI is InChI=1S/C26H32N2O8/c1-26(2,3)36-25(33)28(24(32)35-18-20-13-8-5-9-14-20)21(22(29)30)15-10-16-27-23(31)34-17-19-11-6-4-7-12-19/h4-9,11-14,21H,10,15-18H2,1-3H3,(H,27,31)(H,29,30)/t21-/m0/s1. The van der Waals surface area contributed by atoms with Gasteiger partial charge in [-0.3, -0.25) is 0 Å². The van der Waals surface area contributed by atoms with E-state index in [4.69, 9.17) is 14.2 Å². The van der Waals surface area contributed by atoms with Crippen molar-refractivity contribution in [2.75, 3.05) is 6.54 Å². The third-order valence-electron chi connectivity index (χ3n) is 4.73. The minimum atomic E-state index is -1.56. The van der Waals surface area contributed by atoms with Crippen molar-refractivity contribution in [3.8, 4) is 0 Å². The normalized spacial score (nSPS) is 11.6. The molecule has 3 amide bonds. The molecule has 0 spiro atoms. The average molecular weight is 501 g/mol. The molecule has 0 saturated carbocycles. The van der Waals surface area contributed by atoms with Crippen molar-refractivity contribution in [3.05, 3.63) is 71.8 Å². The fourth-order valence-electron chi connectivity index (χ4n) is 3.05. The Bertz CT molecular complexity index is 1010. The predicted octanol–water partition coefficient (Wildman–Crippen LogP) is 4.72. The van der Waals surface area contributed by atoms with Crippen LogP contribution in [0.5, 0.6) is 0 Å². The van der Waals surface area contributed by atoms with E-state index in [1.165, 1.54) is 0 Å². The second kappa shape index (κ2) is 13.7. The molecule has 2 aromatic carbocycles. The molecule has 0 saturated heterocycles. The van der Waals surface area contributed by atoms with E-state index >= 15 is 0 Å². The molecule has 0 unspecified atom stereocenters. The lowest BCUT2D eigenvalue weighted by molar-refractivity contribution is -0.143. The first-order valence-corrected chi connectivity index (χ1v) is 11.5. The molecule has 10 nitrogen and oxygen atoms in total. The third kappa shape index (κ3) is 10.0. The molecule has 0 aromatic heterocycles. The number of carboxylic acid groups (broad SMARTS) is 1. The summed E-state index contributed by atoms with van der Waals surface area (Å²) >= 11 is 0. The number of nitrogens with one attached hydrogen (secondary N) is 1. The highest BCUT2D eigenvalue weighted by molar-refractivity contribution is 5.93. The Hall–Kier alpha value is -4.08. The van der Waals surface area contributed by atoms with Crippen LogP contribution in [0, 0.1) is 0 Å². The summed E-state index contributed by atoms with van der Waals surface area (Å²) in [6.45, 7) is 4.79. The first-order valence-electron chi connectivity index (χ1n) is 11.5. The van der Waals surface area contributed by atoms with E-state index in [-0.39, 0.29) is 32.6 Å². The smallest absolute Gasteiger partial charge is 0.420 e. The Kier molecular flexibility index (Phi) is 10.7. The number of amides is 3. The van der Waals surface area contributed by atoms with Crippen LogP contribution in [0.2, 0.25) is 0 Å². The van der Waals surface area contributed by atoms with E-state index in [1.54, 1.807) is 51.1 Å². The lowest BCUT2D eigenvalue weighted by Gasteiger charge is -2.29. The Labute approximate surface area is 210 Å². The highest BCUT2D eigenvalue weighted by Crippen LogP contribution is 2.17. The van der Waals surface area contributed by atoms with E-state index in [1.807, 2.05) is 30.3 Å². The number of nitrogens with zero attached hydrogens (tertiary/aromatic N) is 1. The minimum absolute atomic E-state index is 0.0681. The zero-order valence-electron chi connectivity index (χ0n) is 20.6. The second-order valence-electron chi connectivity index (χ2n) is 8.88. The Morgan fingerprint density at radius 1 is 0.861 bits per heavy atom. The van der Waals surface area contributed by atoms with Crippen molar-refractivity contribution in [1.29, 1.82) is 0 Å². The Morgan fingerprint density at radius 3 is 1.89 bits per heavy atom. The van der Waals surface area contributed by atoms with Crippen molar-refractivity contribution in [2.24, 2.45) is 0 Å². The molecular formula is C26H32N2O8. The molecule has 0 radical (unpaired) electrons.